The van der Waals surface area contributed by atoms with Crippen molar-refractivity contribution in [3.8, 4) is 0 Å². The molecule has 0 bridgehead atoms. The molecule has 0 saturated carbocycles. The molecule has 1 N–H and O–H groups in total. The maximum atomic E-state index is 12.8. The van der Waals surface area contributed by atoms with Gasteiger partial charge in [0.05, 0.1) is 15.4 Å². The van der Waals surface area contributed by atoms with Crippen molar-refractivity contribution >= 4 is 21.2 Å². The monoisotopic (exact) mass is 425 g/mol. The number of piperazine rings is 1. The molecule has 1 heterocycles. The van der Waals surface area contributed by atoms with Crippen LogP contribution in [0.5, 0.6) is 0 Å². The van der Waals surface area contributed by atoms with E-state index in [1.807, 2.05) is 4.90 Å². The molecule has 0 aromatic heterocycles. The van der Waals surface area contributed by atoms with Crippen molar-refractivity contribution < 1.29 is 31.6 Å². The highest BCUT2D eigenvalue weighted by Gasteiger charge is 2.47. The standard InChI is InChI=1S/C16H22F3N3O5S/c1-11-9-20(10-15(2,3)23)6-7-21(11)13-5-4-12(8-14(13)22(24)25)28(26,27)16(17,18)19/h4-5,8,11,23H,6-7,9-10H2,1-3H3. The van der Waals surface area contributed by atoms with E-state index in [4.69, 9.17) is 0 Å². The number of β-amino-alcohol motifs (C(OH)–C–C–N with tert-alkyl or cyclic N) is 1. The van der Waals surface area contributed by atoms with Gasteiger partial charge >= 0.3 is 5.51 Å². The van der Waals surface area contributed by atoms with E-state index in [-0.39, 0.29) is 11.7 Å². The molecule has 2 rings (SSSR count). The van der Waals surface area contributed by atoms with Crippen molar-refractivity contribution in [1.29, 1.82) is 0 Å². The number of sulfone groups is 1. The van der Waals surface area contributed by atoms with E-state index in [1.165, 1.54) is 0 Å². The highest BCUT2D eigenvalue weighted by molar-refractivity contribution is 7.92. The van der Waals surface area contributed by atoms with E-state index in [1.54, 1.807) is 25.7 Å². The van der Waals surface area contributed by atoms with Gasteiger partial charge in [-0.1, -0.05) is 0 Å². The molecule has 1 unspecified atom stereocenters. The fourth-order valence-corrected chi connectivity index (χ4v) is 4.06. The average molecular weight is 425 g/mol. The van der Waals surface area contributed by atoms with Crippen LogP contribution in [0.15, 0.2) is 23.1 Å². The van der Waals surface area contributed by atoms with Crippen LogP contribution < -0.4 is 4.90 Å². The number of anilines is 1. The SMILES string of the molecule is CC1CN(CC(C)(C)O)CCN1c1ccc(S(=O)(=O)C(F)(F)F)cc1[N+](=O)[O-]. The third-order valence-electron chi connectivity index (χ3n) is 4.39. The number of alkyl halides is 3. The molecule has 1 aliphatic rings. The number of nitro benzene ring substituents is 1. The number of rotatable bonds is 5. The summed E-state index contributed by atoms with van der Waals surface area (Å²) < 4.78 is 61.4. The molecule has 0 aliphatic carbocycles. The van der Waals surface area contributed by atoms with Crippen molar-refractivity contribution in [3.05, 3.63) is 28.3 Å². The van der Waals surface area contributed by atoms with E-state index >= 15 is 0 Å². The maximum absolute atomic E-state index is 12.8. The fraction of sp³-hybridized carbons (Fsp3) is 0.625. The van der Waals surface area contributed by atoms with Crippen LogP contribution in [0.1, 0.15) is 20.8 Å². The minimum Gasteiger partial charge on any atom is -0.389 e. The number of aliphatic hydroxyl groups is 1. The molecule has 0 amide bonds. The highest BCUT2D eigenvalue weighted by Crippen LogP contribution is 2.37. The maximum Gasteiger partial charge on any atom is 0.501 e. The van der Waals surface area contributed by atoms with Crippen LogP contribution in [-0.4, -0.2) is 66.7 Å². The Morgan fingerprint density at radius 2 is 1.89 bits per heavy atom. The molecule has 12 heteroatoms. The van der Waals surface area contributed by atoms with Gasteiger partial charge in [-0.15, -0.1) is 0 Å². The summed E-state index contributed by atoms with van der Waals surface area (Å²) in [4.78, 5) is 13.0. The van der Waals surface area contributed by atoms with Gasteiger partial charge in [-0.3, -0.25) is 15.0 Å². The second-order valence-corrected chi connectivity index (χ2v) is 9.39. The summed E-state index contributed by atoms with van der Waals surface area (Å²) in [6, 6.07) is 1.99. The first-order valence-electron chi connectivity index (χ1n) is 8.44. The topological polar surface area (TPSA) is 104 Å². The molecule has 158 valence electrons. The molecular formula is C16H22F3N3O5S. The molecule has 1 fully saturated rings. The summed E-state index contributed by atoms with van der Waals surface area (Å²) in [5, 5.41) is 21.3. The number of nitrogens with zero attached hydrogens (tertiary/aromatic N) is 3. The Morgan fingerprint density at radius 3 is 2.36 bits per heavy atom. The van der Waals surface area contributed by atoms with Gasteiger partial charge in [0.15, 0.2) is 0 Å². The smallest absolute Gasteiger partial charge is 0.389 e. The predicted octanol–water partition coefficient (Wildman–Crippen LogP) is 2.17. The Kier molecular flexibility index (Phi) is 5.98. The lowest BCUT2D eigenvalue weighted by molar-refractivity contribution is -0.384. The Morgan fingerprint density at radius 1 is 1.29 bits per heavy atom. The molecule has 1 saturated heterocycles. The van der Waals surface area contributed by atoms with Crippen LogP contribution in [0.2, 0.25) is 0 Å². The van der Waals surface area contributed by atoms with Crippen LogP contribution in [0.4, 0.5) is 24.5 Å². The van der Waals surface area contributed by atoms with Gasteiger partial charge in [0.1, 0.15) is 5.69 Å². The highest BCUT2D eigenvalue weighted by atomic mass is 32.2. The van der Waals surface area contributed by atoms with Crippen LogP contribution in [0.25, 0.3) is 0 Å². The average Bonchev–Trinajstić information content (AvgIpc) is 2.51. The molecule has 1 aliphatic heterocycles. The number of halogens is 3. The van der Waals surface area contributed by atoms with Gasteiger partial charge < -0.3 is 10.0 Å². The minimum absolute atomic E-state index is 0.0570. The van der Waals surface area contributed by atoms with Crippen molar-refractivity contribution in [2.24, 2.45) is 0 Å². The van der Waals surface area contributed by atoms with E-state index in [9.17, 15) is 36.8 Å². The fourth-order valence-electron chi connectivity index (χ4n) is 3.27. The first kappa shape index (κ1) is 22.4. The van der Waals surface area contributed by atoms with Gasteiger partial charge in [0.2, 0.25) is 0 Å². The van der Waals surface area contributed by atoms with Crippen molar-refractivity contribution in [2.75, 3.05) is 31.1 Å². The van der Waals surface area contributed by atoms with Crippen molar-refractivity contribution in [2.45, 2.75) is 42.8 Å². The second-order valence-electron chi connectivity index (χ2n) is 7.45. The van der Waals surface area contributed by atoms with Crippen LogP contribution in [0, 0.1) is 10.1 Å². The third-order valence-corrected chi connectivity index (χ3v) is 5.87. The van der Waals surface area contributed by atoms with E-state index in [0.29, 0.717) is 32.2 Å². The zero-order valence-electron chi connectivity index (χ0n) is 15.6. The molecule has 1 aromatic rings. The first-order chi connectivity index (χ1) is 12.6. The molecule has 1 aromatic carbocycles. The molecule has 28 heavy (non-hydrogen) atoms. The Balaban J connectivity index is 2.36. The van der Waals surface area contributed by atoms with Crippen LogP contribution in [-0.2, 0) is 9.84 Å². The molecule has 0 radical (unpaired) electrons. The first-order valence-corrected chi connectivity index (χ1v) is 9.93. The van der Waals surface area contributed by atoms with E-state index in [2.05, 4.69) is 0 Å². The summed E-state index contributed by atoms with van der Waals surface area (Å²) >= 11 is 0. The molecule has 0 spiro atoms. The third kappa shape index (κ3) is 4.73. The zero-order chi connectivity index (χ0) is 21.5. The zero-order valence-corrected chi connectivity index (χ0v) is 16.4. The Bertz CT molecular complexity index is 852. The summed E-state index contributed by atoms with van der Waals surface area (Å²) in [7, 11) is -5.68. The lowest BCUT2D eigenvalue weighted by atomic mass is 10.1. The van der Waals surface area contributed by atoms with Gasteiger partial charge in [0.25, 0.3) is 15.5 Å². The Labute approximate surface area is 160 Å². The number of hydrogen-bond donors (Lipinski definition) is 1. The van der Waals surface area contributed by atoms with Crippen molar-refractivity contribution in [3.63, 3.8) is 0 Å². The summed E-state index contributed by atoms with van der Waals surface area (Å²) in [5.74, 6) is 0. The quantitative estimate of drug-likeness (QED) is 0.570. The van der Waals surface area contributed by atoms with E-state index in [0.717, 1.165) is 12.1 Å². The number of hydrogen-bond acceptors (Lipinski definition) is 7. The lowest BCUT2D eigenvalue weighted by Gasteiger charge is -2.42. The summed E-state index contributed by atoms with van der Waals surface area (Å²) in [5.41, 5.74) is -7.10. The van der Waals surface area contributed by atoms with Gasteiger partial charge in [0, 0.05) is 38.3 Å². The predicted molar refractivity (Wildman–Crippen MR) is 95.9 cm³/mol. The lowest BCUT2D eigenvalue weighted by Crippen LogP contribution is -2.55. The normalized spacial score (nSPS) is 19.7. The Hall–Kier alpha value is -1.92. The summed E-state index contributed by atoms with van der Waals surface area (Å²) in [6.45, 7) is 6.81. The number of nitro groups is 1. The van der Waals surface area contributed by atoms with Crippen LogP contribution in [0.3, 0.4) is 0 Å². The van der Waals surface area contributed by atoms with E-state index < -0.39 is 36.5 Å². The number of benzene rings is 1. The summed E-state index contributed by atoms with van der Waals surface area (Å²) in [6.07, 6.45) is 0. The van der Waals surface area contributed by atoms with Crippen LogP contribution >= 0.6 is 0 Å². The molecule has 1 atom stereocenters. The largest absolute Gasteiger partial charge is 0.501 e. The van der Waals surface area contributed by atoms with Gasteiger partial charge in [-0.2, -0.15) is 13.2 Å². The molecule has 8 nitrogen and oxygen atoms in total. The molecular weight excluding hydrogens is 403 g/mol. The van der Waals surface area contributed by atoms with Gasteiger partial charge in [-0.25, -0.2) is 8.42 Å². The second kappa shape index (κ2) is 7.48. The van der Waals surface area contributed by atoms with Gasteiger partial charge in [-0.05, 0) is 32.9 Å². The van der Waals surface area contributed by atoms with Crippen molar-refractivity contribution in [1.82, 2.24) is 4.90 Å². The minimum atomic E-state index is -5.68.